The van der Waals surface area contributed by atoms with Crippen molar-refractivity contribution in [2.45, 2.75) is 52.2 Å². The summed E-state index contributed by atoms with van der Waals surface area (Å²) >= 11 is -0.669. The highest BCUT2D eigenvalue weighted by molar-refractivity contribution is 7.92. The van der Waals surface area contributed by atoms with Gasteiger partial charge in [0, 0.05) is 6.42 Å². The normalized spacial score (nSPS) is 24.8. The van der Waals surface area contributed by atoms with Crippen LogP contribution in [0.2, 0.25) is 0 Å². The number of rotatable bonds is 5. The summed E-state index contributed by atoms with van der Waals surface area (Å²) in [6.45, 7) is 8.54. The van der Waals surface area contributed by atoms with Gasteiger partial charge in [0.1, 0.15) is 11.0 Å². The topological polar surface area (TPSA) is 23.1 Å². The van der Waals surface area contributed by atoms with E-state index in [9.17, 15) is 4.55 Å². The largest absolute Gasteiger partial charge is 0.616 e. The Morgan fingerprint density at radius 2 is 2.12 bits per heavy atom. The van der Waals surface area contributed by atoms with Crippen molar-refractivity contribution in [3.05, 3.63) is 34.9 Å². The van der Waals surface area contributed by atoms with Crippen LogP contribution in [-0.4, -0.2) is 15.6 Å². The molecule has 0 fully saturated rings. The van der Waals surface area contributed by atoms with Crippen molar-refractivity contribution in [2.75, 3.05) is 5.75 Å². The fourth-order valence-electron chi connectivity index (χ4n) is 1.96. The number of allylic oxidation sites excluding steroid dienone is 4. The molecule has 0 aromatic heterocycles. The van der Waals surface area contributed by atoms with Crippen LogP contribution < -0.4 is 0 Å². The first-order chi connectivity index (χ1) is 8.00. The Labute approximate surface area is 109 Å². The molecule has 0 saturated heterocycles. The molecular weight excluding hydrogens is 228 g/mol. The molecule has 0 aromatic carbocycles. The Morgan fingerprint density at radius 3 is 2.65 bits per heavy atom. The second-order valence-corrected chi connectivity index (χ2v) is 6.75. The van der Waals surface area contributed by atoms with Gasteiger partial charge in [0.25, 0.3) is 0 Å². The Bertz CT molecular complexity index is 335. The molecule has 0 saturated carbocycles. The van der Waals surface area contributed by atoms with Gasteiger partial charge >= 0.3 is 0 Å². The molecule has 0 spiro atoms. The standard InChI is InChI=1S/C15H24OS/c1-12(2)6-5-7-13(3)8-9-15-14(4)10-11-17(15)16/h6,8,10,15H,5,7,9,11H2,1-4H3/b13-8+. The van der Waals surface area contributed by atoms with Crippen molar-refractivity contribution in [3.63, 3.8) is 0 Å². The van der Waals surface area contributed by atoms with E-state index in [1.54, 1.807) is 0 Å². The zero-order valence-electron chi connectivity index (χ0n) is 11.5. The Balaban J connectivity index is 2.37. The molecule has 2 unspecified atom stereocenters. The van der Waals surface area contributed by atoms with Gasteiger partial charge in [0.05, 0.1) is 0 Å². The van der Waals surface area contributed by atoms with Crippen LogP contribution in [0, 0.1) is 0 Å². The summed E-state index contributed by atoms with van der Waals surface area (Å²) in [5.74, 6) is 0.751. The summed E-state index contributed by atoms with van der Waals surface area (Å²) < 4.78 is 11.7. The maximum absolute atomic E-state index is 11.7. The first-order valence-electron chi connectivity index (χ1n) is 6.33. The van der Waals surface area contributed by atoms with E-state index in [0.29, 0.717) is 0 Å². The van der Waals surface area contributed by atoms with Crippen LogP contribution in [0.4, 0.5) is 0 Å². The van der Waals surface area contributed by atoms with E-state index in [4.69, 9.17) is 0 Å². The molecule has 0 aliphatic carbocycles. The fraction of sp³-hybridized carbons (Fsp3) is 0.600. The molecular formula is C15H24OS. The Morgan fingerprint density at radius 1 is 1.41 bits per heavy atom. The predicted octanol–water partition coefficient (Wildman–Crippen LogP) is 4.15. The van der Waals surface area contributed by atoms with Crippen LogP contribution in [0.15, 0.2) is 34.9 Å². The molecule has 1 aliphatic rings. The maximum Gasteiger partial charge on any atom is 0.140 e. The number of hydrogen-bond donors (Lipinski definition) is 0. The van der Waals surface area contributed by atoms with E-state index in [-0.39, 0.29) is 5.25 Å². The molecule has 0 N–H and O–H groups in total. The van der Waals surface area contributed by atoms with Crippen molar-refractivity contribution >= 4 is 11.2 Å². The second kappa shape index (κ2) is 7.07. The lowest BCUT2D eigenvalue weighted by Crippen LogP contribution is -2.18. The third kappa shape index (κ3) is 5.13. The van der Waals surface area contributed by atoms with Gasteiger partial charge in [0.15, 0.2) is 0 Å². The average Bonchev–Trinajstić information content (AvgIpc) is 2.55. The van der Waals surface area contributed by atoms with E-state index in [1.807, 2.05) is 0 Å². The highest BCUT2D eigenvalue weighted by atomic mass is 32.2. The number of hydrogen-bond acceptors (Lipinski definition) is 1. The molecule has 2 heteroatoms. The third-order valence-electron chi connectivity index (χ3n) is 3.17. The lowest BCUT2D eigenvalue weighted by Gasteiger charge is -2.14. The van der Waals surface area contributed by atoms with Crippen molar-refractivity contribution in [1.82, 2.24) is 0 Å². The molecule has 17 heavy (non-hydrogen) atoms. The SMILES string of the molecule is CC(C)=CCC/C(C)=C/CC1C(C)=CC[S+]1[O-]. The Hall–Kier alpha value is -0.470. The minimum Gasteiger partial charge on any atom is -0.616 e. The van der Waals surface area contributed by atoms with Crippen molar-refractivity contribution < 1.29 is 4.55 Å². The van der Waals surface area contributed by atoms with Crippen LogP contribution in [-0.2, 0) is 11.2 Å². The van der Waals surface area contributed by atoms with Gasteiger partial charge < -0.3 is 4.55 Å². The van der Waals surface area contributed by atoms with Gasteiger partial charge in [-0.3, -0.25) is 0 Å². The van der Waals surface area contributed by atoms with Gasteiger partial charge in [-0.25, -0.2) is 0 Å². The lowest BCUT2D eigenvalue weighted by atomic mass is 10.1. The summed E-state index contributed by atoms with van der Waals surface area (Å²) in [6, 6.07) is 0. The van der Waals surface area contributed by atoms with E-state index in [0.717, 1.165) is 25.0 Å². The lowest BCUT2D eigenvalue weighted by molar-refractivity contribution is 0.591. The quantitative estimate of drug-likeness (QED) is 0.532. The van der Waals surface area contributed by atoms with Crippen LogP contribution >= 0.6 is 0 Å². The van der Waals surface area contributed by atoms with Crippen molar-refractivity contribution in [2.24, 2.45) is 0 Å². The molecule has 2 atom stereocenters. The molecule has 1 nitrogen and oxygen atoms in total. The van der Waals surface area contributed by atoms with Crippen LogP contribution in [0.3, 0.4) is 0 Å². The molecule has 1 aliphatic heterocycles. The summed E-state index contributed by atoms with van der Waals surface area (Å²) in [6.07, 6.45) is 9.84. The Kier molecular flexibility index (Phi) is 6.07. The van der Waals surface area contributed by atoms with E-state index < -0.39 is 11.2 Å². The maximum atomic E-state index is 11.7. The first kappa shape index (κ1) is 14.6. The zero-order valence-corrected chi connectivity index (χ0v) is 12.3. The van der Waals surface area contributed by atoms with Crippen LogP contribution in [0.1, 0.15) is 47.0 Å². The minimum atomic E-state index is -0.669. The van der Waals surface area contributed by atoms with Crippen LogP contribution in [0.25, 0.3) is 0 Å². The zero-order chi connectivity index (χ0) is 12.8. The van der Waals surface area contributed by atoms with Gasteiger partial charge in [-0.15, -0.1) is 0 Å². The van der Waals surface area contributed by atoms with Gasteiger partial charge in [-0.1, -0.05) is 23.3 Å². The molecule has 96 valence electrons. The summed E-state index contributed by atoms with van der Waals surface area (Å²) in [5.41, 5.74) is 4.10. The predicted molar refractivity (Wildman–Crippen MR) is 77.6 cm³/mol. The summed E-state index contributed by atoms with van der Waals surface area (Å²) in [7, 11) is 0. The average molecular weight is 252 g/mol. The molecule has 0 radical (unpaired) electrons. The van der Waals surface area contributed by atoms with E-state index in [1.165, 1.54) is 16.7 Å². The minimum absolute atomic E-state index is 0.272. The van der Waals surface area contributed by atoms with Crippen molar-refractivity contribution in [1.29, 1.82) is 0 Å². The fourth-order valence-corrected chi connectivity index (χ4v) is 3.44. The molecule has 0 aromatic rings. The summed E-state index contributed by atoms with van der Waals surface area (Å²) in [4.78, 5) is 0. The molecule has 1 rings (SSSR count). The van der Waals surface area contributed by atoms with Gasteiger partial charge in [-0.05, 0) is 63.4 Å². The smallest absolute Gasteiger partial charge is 0.140 e. The highest BCUT2D eigenvalue weighted by Gasteiger charge is 2.27. The first-order valence-corrected chi connectivity index (χ1v) is 7.71. The highest BCUT2D eigenvalue weighted by Crippen LogP contribution is 2.24. The van der Waals surface area contributed by atoms with Crippen LogP contribution in [0.5, 0.6) is 0 Å². The van der Waals surface area contributed by atoms with Gasteiger partial charge in [0.2, 0.25) is 0 Å². The molecule has 0 bridgehead atoms. The monoisotopic (exact) mass is 252 g/mol. The second-order valence-electron chi connectivity index (χ2n) is 5.09. The third-order valence-corrected chi connectivity index (χ3v) is 4.86. The van der Waals surface area contributed by atoms with E-state index >= 15 is 0 Å². The van der Waals surface area contributed by atoms with Gasteiger partial charge in [-0.2, -0.15) is 0 Å². The van der Waals surface area contributed by atoms with Crippen molar-refractivity contribution in [3.8, 4) is 0 Å². The molecule has 1 heterocycles. The summed E-state index contributed by atoms with van der Waals surface area (Å²) in [5, 5.41) is 0.272. The molecule has 0 amide bonds. The van der Waals surface area contributed by atoms with E-state index in [2.05, 4.69) is 45.9 Å².